The summed E-state index contributed by atoms with van der Waals surface area (Å²) in [5.74, 6) is 1.81. The number of hydrogen-bond acceptors (Lipinski definition) is 5. The molecule has 2 N–H and O–H groups in total. The van der Waals surface area contributed by atoms with E-state index in [4.69, 9.17) is 15.2 Å². The molecule has 0 bridgehead atoms. The van der Waals surface area contributed by atoms with Crippen molar-refractivity contribution >= 4 is 5.82 Å². The van der Waals surface area contributed by atoms with Crippen molar-refractivity contribution in [3.05, 3.63) is 36.5 Å². The lowest BCUT2D eigenvalue weighted by Crippen LogP contribution is -1.96. The average Bonchev–Trinajstić information content (AvgIpc) is 2.32. The summed E-state index contributed by atoms with van der Waals surface area (Å²) in [6.45, 7) is 2.57. The van der Waals surface area contributed by atoms with Gasteiger partial charge in [0.15, 0.2) is 0 Å². The van der Waals surface area contributed by atoms with Crippen molar-refractivity contribution in [1.29, 1.82) is 0 Å². The molecule has 0 radical (unpaired) electrons. The highest BCUT2D eigenvalue weighted by Gasteiger charge is 2.01. The quantitative estimate of drug-likeness (QED) is 0.873. The highest BCUT2D eigenvalue weighted by Crippen LogP contribution is 2.21. The number of rotatable bonds is 4. The second-order valence-electron chi connectivity index (χ2n) is 3.27. The summed E-state index contributed by atoms with van der Waals surface area (Å²) in [6.07, 6.45) is 1.55. The van der Waals surface area contributed by atoms with Crippen LogP contribution in [0.4, 0.5) is 5.82 Å². The predicted octanol–water partition coefficient (Wildman–Crippen LogP) is 2.25. The molecule has 0 saturated carbocycles. The van der Waals surface area contributed by atoms with Crippen molar-refractivity contribution in [2.75, 3.05) is 12.3 Å². The van der Waals surface area contributed by atoms with Crippen LogP contribution in [-0.4, -0.2) is 16.6 Å². The number of nitrogens with two attached hydrogens (primary N) is 1. The van der Waals surface area contributed by atoms with E-state index in [-0.39, 0.29) is 6.01 Å². The van der Waals surface area contributed by atoms with Gasteiger partial charge in [-0.2, -0.15) is 4.98 Å². The first-order valence-electron chi connectivity index (χ1n) is 5.27. The van der Waals surface area contributed by atoms with Crippen molar-refractivity contribution in [2.45, 2.75) is 6.92 Å². The predicted molar refractivity (Wildman–Crippen MR) is 64.1 cm³/mol. The Kier molecular flexibility index (Phi) is 3.40. The molecule has 1 aromatic heterocycles. The molecule has 0 unspecified atom stereocenters. The SMILES string of the molecule is CCOc1ccc(Oc2nccc(N)n2)cc1. The molecule has 0 saturated heterocycles. The standard InChI is InChI=1S/C12H13N3O2/c1-2-16-9-3-5-10(6-4-9)17-12-14-8-7-11(13)15-12/h3-8H,2H2,1H3,(H2,13,14,15). The fourth-order valence-corrected chi connectivity index (χ4v) is 1.28. The van der Waals surface area contributed by atoms with Crippen LogP contribution in [0.5, 0.6) is 17.5 Å². The first-order chi connectivity index (χ1) is 8.28. The lowest BCUT2D eigenvalue weighted by Gasteiger charge is -2.05. The number of hydrogen-bond donors (Lipinski definition) is 1. The van der Waals surface area contributed by atoms with Gasteiger partial charge in [-0.3, -0.25) is 0 Å². The Bertz CT molecular complexity index is 485. The maximum atomic E-state index is 5.52. The smallest absolute Gasteiger partial charge is 0.323 e. The van der Waals surface area contributed by atoms with E-state index in [9.17, 15) is 0 Å². The molecule has 2 rings (SSSR count). The van der Waals surface area contributed by atoms with Gasteiger partial charge in [0, 0.05) is 6.20 Å². The van der Waals surface area contributed by atoms with Gasteiger partial charge in [0.25, 0.3) is 0 Å². The number of nitrogen functional groups attached to an aromatic ring is 1. The van der Waals surface area contributed by atoms with Gasteiger partial charge in [0.1, 0.15) is 17.3 Å². The highest BCUT2D eigenvalue weighted by atomic mass is 16.5. The van der Waals surface area contributed by atoms with E-state index >= 15 is 0 Å². The zero-order valence-electron chi connectivity index (χ0n) is 9.46. The van der Waals surface area contributed by atoms with E-state index < -0.39 is 0 Å². The molecule has 0 amide bonds. The summed E-state index contributed by atoms with van der Waals surface area (Å²) in [4.78, 5) is 7.89. The number of aromatic nitrogens is 2. The van der Waals surface area contributed by atoms with Crippen molar-refractivity contribution in [3.8, 4) is 17.5 Å². The van der Waals surface area contributed by atoms with Crippen molar-refractivity contribution in [3.63, 3.8) is 0 Å². The number of benzene rings is 1. The van der Waals surface area contributed by atoms with E-state index in [1.54, 1.807) is 24.4 Å². The molecule has 0 aliphatic carbocycles. The van der Waals surface area contributed by atoms with Gasteiger partial charge in [-0.25, -0.2) is 4.98 Å². The minimum atomic E-state index is 0.231. The number of nitrogens with zero attached hydrogens (tertiary/aromatic N) is 2. The Morgan fingerprint density at radius 2 is 1.82 bits per heavy atom. The lowest BCUT2D eigenvalue weighted by atomic mass is 10.3. The van der Waals surface area contributed by atoms with Gasteiger partial charge in [0.05, 0.1) is 6.61 Å². The third-order valence-corrected chi connectivity index (χ3v) is 2.00. The number of ether oxygens (including phenoxy) is 2. The largest absolute Gasteiger partial charge is 0.494 e. The van der Waals surface area contributed by atoms with Crippen molar-refractivity contribution < 1.29 is 9.47 Å². The normalized spacial score (nSPS) is 9.94. The topological polar surface area (TPSA) is 70.3 Å². The van der Waals surface area contributed by atoms with Crippen LogP contribution in [-0.2, 0) is 0 Å². The second kappa shape index (κ2) is 5.16. The molecular weight excluding hydrogens is 218 g/mol. The fourth-order valence-electron chi connectivity index (χ4n) is 1.28. The Balaban J connectivity index is 2.08. The molecule has 0 fully saturated rings. The van der Waals surface area contributed by atoms with Gasteiger partial charge in [0.2, 0.25) is 0 Å². The van der Waals surface area contributed by atoms with E-state index in [1.807, 2.05) is 19.1 Å². The first kappa shape index (κ1) is 11.2. The maximum absolute atomic E-state index is 5.52. The van der Waals surface area contributed by atoms with Gasteiger partial charge >= 0.3 is 6.01 Å². The third kappa shape index (κ3) is 3.07. The Morgan fingerprint density at radius 1 is 1.12 bits per heavy atom. The van der Waals surface area contributed by atoms with E-state index in [1.165, 1.54) is 0 Å². The van der Waals surface area contributed by atoms with Crippen LogP contribution in [0.2, 0.25) is 0 Å². The van der Waals surface area contributed by atoms with Crippen LogP contribution < -0.4 is 15.2 Å². The summed E-state index contributed by atoms with van der Waals surface area (Å²) in [5, 5.41) is 0. The Labute approximate surface area is 99.2 Å². The van der Waals surface area contributed by atoms with E-state index in [0.29, 0.717) is 18.2 Å². The maximum Gasteiger partial charge on any atom is 0.323 e. The first-order valence-corrected chi connectivity index (χ1v) is 5.27. The van der Waals surface area contributed by atoms with E-state index in [0.717, 1.165) is 5.75 Å². The van der Waals surface area contributed by atoms with Crippen LogP contribution >= 0.6 is 0 Å². The van der Waals surface area contributed by atoms with Crippen LogP contribution in [0.1, 0.15) is 6.92 Å². The molecule has 1 aromatic carbocycles. The minimum absolute atomic E-state index is 0.231. The van der Waals surface area contributed by atoms with Crippen molar-refractivity contribution in [1.82, 2.24) is 9.97 Å². The molecule has 17 heavy (non-hydrogen) atoms. The minimum Gasteiger partial charge on any atom is -0.494 e. The molecule has 2 aromatic rings. The van der Waals surface area contributed by atoms with E-state index in [2.05, 4.69) is 9.97 Å². The zero-order valence-corrected chi connectivity index (χ0v) is 9.46. The molecule has 1 heterocycles. The van der Waals surface area contributed by atoms with Crippen LogP contribution in [0.25, 0.3) is 0 Å². The molecule has 5 heteroatoms. The summed E-state index contributed by atoms with van der Waals surface area (Å²) in [6, 6.07) is 9.06. The second-order valence-corrected chi connectivity index (χ2v) is 3.27. The third-order valence-electron chi connectivity index (χ3n) is 2.00. The molecule has 88 valence electrons. The monoisotopic (exact) mass is 231 g/mol. The van der Waals surface area contributed by atoms with Gasteiger partial charge in [-0.05, 0) is 37.3 Å². The molecule has 0 spiro atoms. The average molecular weight is 231 g/mol. The summed E-state index contributed by atoms with van der Waals surface area (Å²) >= 11 is 0. The van der Waals surface area contributed by atoms with Crippen LogP contribution in [0, 0.1) is 0 Å². The zero-order chi connectivity index (χ0) is 12.1. The summed E-state index contributed by atoms with van der Waals surface area (Å²) in [5.41, 5.74) is 5.52. The molecule has 0 atom stereocenters. The van der Waals surface area contributed by atoms with Gasteiger partial charge in [-0.1, -0.05) is 0 Å². The summed E-state index contributed by atoms with van der Waals surface area (Å²) in [7, 11) is 0. The van der Waals surface area contributed by atoms with Crippen LogP contribution in [0.3, 0.4) is 0 Å². The van der Waals surface area contributed by atoms with Gasteiger partial charge < -0.3 is 15.2 Å². The number of anilines is 1. The molecule has 0 aliphatic heterocycles. The highest BCUT2D eigenvalue weighted by molar-refractivity contribution is 5.33. The summed E-state index contributed by atoms with van der Waals surface area (Å²) < 4.78 is 10.8. The van der Waals surface area contributed by atoms with Crippen LogP contribution in [0.15, 0.2) is 36.5 Å². The Hall–Kier alpha value is -2.30. The molecule has 0 aliphatic rings. The lowest BCUT2D eigenvalue weighted by molar-refractivity contribution is 0.339. The molecular formula is C12H13N3O2. The Morgan fingerprint density at radius 3 is 2.47 bits per heavy atom. The van der Waals surface area contributed by atoms with Gasteiger partial charge in [-0.15, -0.1) is 0 Å². The fraction of sp³-hybridized carbons (Fsp3) is 0.167. The molecule has 5 nitrogen and oxygen atoms in total. The van der Waals surface area contributed by atoms with Crippen molar-refractivity contribution in [2.24, 2.45) is 0 Å².